The zero-order chi connectivity index (χ0) is 16.4. The highest BCUT2D eigenvalue weighted by Crippen LogP contribution is 2.25. The summed E-state index contributed by atoms with van der Waals surface area (Å²) in [5, 5.41) is 3.28. The van der Waals surface area contributed by atoms with Gasteiger partial charge >= 0.3 is 0 Å². The van der Waals surface area contributed by atoms with Crippen LogP contribution in [0.2, 0.25) is 0 Å². The Kier molecular flexibility index (Phi) is 3.80. The van der Waals surface area contributed by atoms with Crippen molar-refractivity contribution in [3.63, 3.8) is 0 Å². The number of aromatic nitrogens is 1. The van der Waals surface area contributed by atoms with E-state index in [0.29, 0.717) is 27.9 Å². The molecular formula is C17H15N3O3. The highest BCUT2D eigenvalue weighted by atomic mass is 16.3. The number of para-hydroxylation sites is 1. The molecule has 0 aliphatic heterocycles. The van der Waals surface area contributed by atoms with Crippen molar-refractivity contribution in [1.82, 2.24) is 10.3 Å². The molecule has 0 aliphatic carbocycles. The maximum Gasteiger partial charge on any atom is 0.252 e. The molecule has 0 unspecified atom stereocenters. The molecule has 116 valence electrons. The Morgan fingerprint density at radius 1 is 1.22 bits per heavy atom. The number of primary amides is 1. The van der Waals surface area contributed by atoms with E-state index in [0.717, 1.165) is 0 Å². The summed E-state index contributed by atoms with van der Waals surface area (Å²) >= 11 is 0. The summed E-state index contributed by atoms with van der Waals surface area (Å²) in [6, 6.07) is 11.7. The van der Waals surface area contributed by atoms with Gasteiger partial charge in [-0.3, -0.25) is 9.59 Å². The Labute approximate surface area is 132 Å². The standard InChI is InChI=1S/C17H15N3O3/c1-10(16(18)21)19-17(22)12-9-14(15-7-4-8-23-15)20-13-6-3-2-5-11(12)13/h2-10H,1H3,(H2,18,21)(H,19,22)/t10-/m0/s1. The lowest BCUT2D eigenvalue weighted by Crippen LogP contribution is -2.42. The smallest absolute Gasteiger partial charge is 0.252 e. The topological polar surface area (TPSA) is 98.2 Å². The molecule has 0 saturated carbocycles. The third kappa shape index (κ3) is 2.91. The number of pyridine rings is 1. The number of nitrogens with zero attached hydrogens (tertiary/aromatic N) is 1. The summed E-state index contributed by atoms with van der Waals surface area (Å²) in [4.78, 5) is 28.2. The van der Waals surface area contributed by atoms with Crippen molar-refractivity contribution < 1.29 is 14.0 Å². The lowest BCUT2D eigenvalue weighted by atomic mass is 10.1. The zero-order valence-electron chi connectivity index (χ0n) is 12.4. The predicted molar refractivity (Wildman–Crippen MR) is 85.6 cm³/mol. The normalized spacial score (nSPS) is 12.0. The van der Waals surface area contributed by atoms with E-state index in [-0.39, 0.29) is 5.91 Å². The van der Waals surface area contributed by atoms with Crippen LogP contribution in [0.25, 0.3) is 22.4 Å². The molecule has 2 heterocycles. The maximum absolute atomic E-state index is 12.5. The lowest BCUT2D eigenvalue weighted by molar-refractivity contribution is -0.119. The number of rotatable bonds is 4. The number of furan rings is 1. The quantitative estimate of drug-likeness (QED) is 0.771. The van der Waals surface area contributed by atoms with Crippen LogP contribution in [0.1, 0.15) is 17.3 Å². The van der Waals surface area contributed by atoms with E-state index in [9.17, 15) is 9.59 Å². The van der Waals surface area contributed by atoms with E-state index in [1.165, 1.54) is 6.92 Å². The lowest BCUT2D eigenvalue weighted by Gasteiger charge is -2.12. The average Bonchev–Trinajstić information content (AvgIpc) is 3.08. The molecule has 3 N–H and O–H groups in total. The fourth-order valence-corrected chi connectivity index (χ4v) is 2.26. The third-order valence-electron chi connectivity index (χ3n) is 3.51. The second-order valence-corrected chi connectivity index (χ2v) is 5.15. The van der Waals surface area contributed by atoms with E-state index in [2.05, 4.69) is 10.3 Å². The first-order valence-corrected chi connectivity index (χ1v) is 7.10. The van der Waals surface area contributed by atoms with Crippen LogP contribution in [0.4, 0.5) is 0 Å². The van der Waals surface area contributed by atoms with E-state index >= 15 is 0 Å². The number of hydrogen-bond donors (Lipinski definition) is 2. The summed E-state index contributed by atoms with van der Waals surface area (Å²) in [6.07, 6.45) is 1.54. The molecule has 0 radical (unpaired) electrons. The van der Waals surface area contributed by atoms with Gasteiger partial charge < -0.3 is 15.5 Å². The first-order chi connectivity index (χ1) is 11.1. The summed E-state index contributed by atoms with van der Waals surface area (Å²) in [6.45, 7) is 1.54. The number of carbonyl (C=O) groups is 2. The van der Waals surface area contributed by atoms with Gasteiger partial charge in [0.1, 0.15) is 11.7 Å². The molecule has 2 aromatic heterocycles. The van der Waals surface area contributed by atoms with E-state index in [1.54, 1.807) is 30.5 Å². The molecule has 0 spiro atoms. The molecule has 23 heavy (non-hydrogen) atoms. The van der Waals surface area contributed by atoms with Gasteiger partial charge in [-0.2, -0.15) is 0 Å². The Balaban J connectivity index is 2.10. The van der Waals surface area contributed by atoms with Gasteiger partial charge in [0.15, 0.2) is 5.76 Å². The molecule has 1 atom stereocenters. The summed E-state index contributed by atoms with van der Waals surface area (Å²) in [5.74, 6) is -0.418. The Morgan fingerprint density at radius 2 is 2.00 bits per heavy atom. The molecule has 0 fully saturated rings. The van der Waals surface area contributed by atoms with Gasteiger partial charge in [-0.15, -0.1) is 0 Å². The predicted octanol–water partition coefficient (Wildman–Crippen LogP) is 2.10. The summed E-state index contributed by atoms with van der Waals surface area (Å²) in [7, 11) is 0. The van der Waals surface area contributed by atoms with Crippen molar-refractivity contribution in [3.8, 4) is 11.5 Å². The van der Waals surface area contributed by atoms with Gasteiger partial charge in [-0.25, -0.2) is 4.98 Å². The molecule has 0 saturated heterocycles. The first-order valence-electron chi connectivity index (χ1n) is 7.10. The molecule has 1 aromatic carbocycles. The molecule has 6 heteroatoms. The fraction of sp³-hybridized carbons (Fsp3) is 0.118. The number of nitrogens with one attached hydrogen (secondary N) is 1. The Morgan fingerprint density at radius 3 is 2.70 bits per heavy atom. The van der Waals surface area contributed by atoms with Crippen molar-refractivity contribution in [1.29, 1.82) is 0 Å². The highest BCUT2D eigenvalue weighted by Gasteiger charge is 2.18. The molecule has 0 aliphatic rings. The number of fused-ring (bicyclic) bond motifs is 1. The van der Waals surface area contributed by atoms with Crippen molar-refractivity contribution in [3.05, 3.63) is 54.3 Å². The molecule has 3 aromatic rings. The van der Waals surface area contributed by atoms with Crippen LogP contribution in [0.3, 0.4) is 0 Å². The summed E-state index contributed by atoms with van der Waals surface area (Å²) < 4.78 is 5.35. The minimum Gasteiger partial charge on any atom is -0.463 e. The van der Waals surface area contributed by atoms with Crippen LogP contribution >= 0.6 is 0 Å². The minimum atomic E-state index is -0.763. The van der Waals surface area contributed by atoms with Gasteiger partial charge in [-0.1, -0.05) is 18.2 Å². The molecule has 6 nitrogen and oxygen atoms in total. The number of benzene rings is 1. The largest absolute Gasteiger partial charge is 0.463 e. The molecular weight excluding hydrogens is 294 g/mol. The molecule has 3 rings (SSSR count). The zero-order valence-corrected chi connectivity index (χ0v) is 12.4. The second kappa shape index (κ2) is 5.92. The van der Waals surface area contributed by atoms with Gasteiger partial charge in [0.25, 0.3) is 5.91 Å². The molecule has 2 amide bonds. The number of hydrogen-bond acceptors (Lipinski definition) is 4. The number of carbonyl (C=O) groups excluding carboxylic acids is 2. The first kappa shape index (κ1) is 14.8. The van der Waals surface area contributed by atoms with E-state index in [1.807, 2.05) is 18.2 Å². The Bertz CT molecular complexity index is 872. The van der Waals surface area contributed by atoms with Crippen molar-refractivity contribution in [2.75, 3.05) is 0 Å². The second-order valence-electron chi connectivity index (χ2n) is 5.15. The van der Waals surface area contributed by atoms with Crippen molar-refractivity contribution in [2.24, 2.45) is 5.73 Å². The summed E-state index contributed by atoms with van der Waals surface area (Å²) in [5.41, 5.74) is 6.83. The SMILES string of the molecule is C[C@H](NC(=O)c1cc(-c2ccco2)nc2ccccc12)C(N)=O. The fourth-order valence-electron chi connectivity index (χ4n) is 2.26. The van der Waals surface area contributed by atoms with Gasteiger partial charge in [0.05, 0.1) is 17.3 Å². The maximum atomic E-state index is 12.5. The third-order valence-corrected chi connectivity index (χ3v) is 3.51. The number of nitrogens with two attached hydrogens (primary N) is 1. The van der Waals surface area contributed by atoms with Crippen LogP contribution in [0, 0.1) is 0 Å². The average molecular weight is 309 g/mol. The number of amides is 2. The minimum absolute atomic E-state index is 0.386. The van der Waals surface area contributed by atoms with Crippen molar-refractivity contribution in [2.45, 2.75) is 13.0 Å². The van der Waals surface area contributed by atoms with E-state index in [4.69, 9.17) is 10.2 Å². The molecule has 0 bridgehead atoms. The van der Waals surface area contributed by atoms with Crippen LogP contribution < -0.4 is 11.1 Å². The Hall–Kier alpha value is -3.15. The monoisotopic (exact) mass is 309 g/mol. The van der Waals surface area contributed by atoms with Crippen LogP contribution in [-0.4, -0.2) is 22.8 Å². The van der Waals surface area contributed by atoms with Gasteiger partial charge in [0, 0.05) is 5.39 Å². The van der Waals surface area contributed by atoms with Crippen LogP contribution in [0.5, 0.6) is 0 Å². The van der Waals surface area contributed by atoms with E-state index < -0.39 is 11.9 Å². The van der Waals surface area contributed by atoms with Crippen molar-refractivity contribution >= 4 is 22.7 Å². The van der Waals surface area contributed by atoms with Gasteiger partial charge in [0.2, 0.25) is 5.91 Å². The van der Waals surface area contributed by atoms with Crippen LogP contribution in [0.15, 0.2) is 53.1 Å². The highest BCUT2D eigenvalue weighted by molar-refractivity contribution is 6.08. The van der Waals surface area contributed by atoms with Gasteiger partial charge in [-0.05, 0) is 31.2 Å². The van der Waals surface area contributed by atoms with Crippen LogP contribution in [-0.2, 0) is 4.79 Å².